The number of nitrogens with zero attached hydrogens (tertiary/aromatic N) is 3. The highest BCUT2D eigenvalue weighted by atomic mass is 16.6. The molecule has 1 aromatic heterocycles. The number of pyridine rings is 1. The number of aromatic nitrogens is 1. The van der Waals surface area contributed by atoms with Crippen molar-refractivity contribution in [2.75, 3.05) is 37.6 Å². The molecule has 0 bridgehead atoms. The van der Waals surface area contributed by atoms with Crippen LogP contribution in [0.1, 0.15) is 39.5 Å². The summed E-state index contributed by atoms with van der Waals surface area (Å²) in [6.45, 7) is 9.44. The molecule has 3 rings (SSSR count). The van der Waals surface area contributed by atoms with Gasteiger partial charge in [-0.1, -0.05) is 13.8 Å². The molecule has 3 heterocycles. The van der Waals surface area contributed by atoms with Crippen molar-refractivity contribution in [3.05, 3.63) is 24.5 Å². The Bertz CT molecular complexity index is 537. The minimum Gasteiger partial charge on any atom is -0.462 e. The van der Waals surface area contributed by atoms with Gasteiger partial charge in [0.2, 0.25) is 0 Å². The van der Waals surface area contributed by atoms with E-state index in [0.29, 0.717) is 0 Å². The van der Waals surface area contributed by atoms with Gasteiger partial charge in [0.25, 0.3) is 0 Å². The Morgan fingerprint density at radius 2 is 1.83 bits per heavy atom. The fraction of sp³-hybridized carbons (Fsp3) is 0.684. The van der Waals surface area contributed by atoms with Gasteiger partial charge in [0, 0.05) is 57.2 Å². The van der Waals surface area contributed by atoms with Crippen molar-refractivity contribution in [2.24, 2.45) is 5.41 Å². The van der Waals surface area contributed by atoms with E-state index in [2.05, 4.69) is 40.8 Å². The number of carbonyl (C=O) groups excluding carboxylic acids is 1. The monoisotopic (exact) mass is 331 g/mol. The van der Waals surface area contributed by atoms with E-state index < -0.39 is 0 Å². The van der Waals surface area contributed by atoms with Crippen LogP contribution in [0.5, 0.6) is 0 Å². The van der Waals surface area contributed by atoms with Crippen LogP contribution in [0, 0.1) is 5.41 Å². The zero-order valence-corrected chi connectivity index (χ0v) is 14.9. The molecule has 0 amide bonds. The van der Waals surface area contributed by atoms with Gasteiger partial charge in [0.1, 0.15) is 6.10 Å². The second-order valence-electron chi connectivity index (χ2n) is 7.04. The Morgan fingerprint density at radius 1 is 1.17 bits per heavy atom. The van der Waals surface area contributed by atoms with Crippen LogP contribution in [-0.4, -0.2) is 54.7 Å². The summed E-state index contributed by atoms with van der Waals surface area (Å²) in [6, 6.07) is 4.14. The lowest BCUT2D eigenvalue weighted by atomic mass is 9.79. The first kappa shape index (κ1) is 17.2. The van der Waals surface area contributed by atoms with Crippen LogP contribution < -0.4 is 4.90 Å². The van der Waals surface area contributed by atoms with Gasteiger partial charge in [-0.05, 0) is 31.4 Å². The van der Waals surface area contributed by atoms with E-state index in [0.717, 1.165) is 58.4 Å². The van der Waals surface area contributed by atoms with Crippen LogP contribution in [0.25, 0.3) is 0 Å². The van der Waals surface area contributed by atoms with Crippen LogP contribution in [0.4, 0.5) is 5.69 Å². The molecule has 0 N–H and O–H groups in total. The molecule has 2 saturated heterocycles. The Kier molecular flexibility index (Phi) is 5.39. The maximum atomic E-state index is 12.2. The first-order chi connectivity index (χ1) is 11.7. The minimum absolute atomic E-state index is 0.0278. The predicted octanol–water partition coefficient (Wildman–Crippen LogP) is 2.72. The van der Waals surface area contributed by atoms with Crippen molar-refractivity contribution in [2.45, 2.75) is 45.6 Å². The van der Waals surface area contributed by atoms with E-state index in [1.54, 1.807) is 0 Å². The van der Waals surface area contributed by atoms with Gasteiger partial charge in [-0.25, -0.2) is 0 Å². The zero-order valence-electron chi connectivity index (χ0n) is 14.9. The van der Waals surface area contributed by atoms with Crippen molar-refractivity contribution in [3.63, 3.8) is 0 Å². The van der Waals surface area contributed by atoms with Crippen LogP contribution in [0.3, 0.4) is 0 Å². The number of rotatable bonds is 6. The number of hydrogen-bond donors (Lipinski definition) is 0. The summed E-state index contributed by atoms with van der Waals surface area (Å²) in [5.41, 5.74) is 1.04. The maximum Gasteiger partial charge on any atom is 0.312 e. The first-order valence-electron chi connectivity index (χ1n) is 9.25. The van der Waals surface area contributed by atoms with Crippen molar-refractivity contribution in [1.29, 1.82) is 0 Å². The van der Waals surface area contributed by atoms with E-state index in [-0.39, 0.29) is 17.5 Å². The molecule has 24 heavy (non-hydrogen) atoms. The van der Waals surface area contributed by atoms with E-state index in [1.165, 1.54) is 5.69 Å². The molecule has 132 valence electrons. The molecular formula is C19H29N3O2. The molecule has 0 aromatic carbocycles. The molecule has 0 spiro atoms. The van der Waals surface area contributed by atoms with Crippen LogP contribution in [-0.2, 0) is 9.53 Å². The third-order valence-electron chi connectivity index (χ3n) is 5.85. The van der Waals surface area contributed by atoms with Crippen molar-refractivity contribution in [3.8, 4) is 0 Å². The molecule has 1 atom stereocenters. The van der Waals surface area contributed by atoms with Crippen LogP contribution in [0.15, 0.2) is 24.5 Å². The molecule has 2 aliphatic heterocycles. The number of carbonyl (C=O) groups is 1. The molecular weight excluding hydrogens is 302 g/mol. The summed E-state index contributed by atoms with van der Waals surface area (Å²) in [7, 11) is 0. The first-order valence-corrected chi connectivity index (χ1v) is 9.25. The lowest BCUT2D eigenvalue weighted by Crippen LogP contribution is -2.47. The van der Waals surface area contributed by atoms with Gasteiger partial charge >= 0.3 is 5.97 Å². The van der Waals surface area contributed by atoms with Gasteiger partial charge in [0.15, 0.2) is 0 Å². The highest BCUT2D eigenvalue weighted by molar-refractivity contribution is 5.78. The molecule has 5 nitrogen and oxygen atoms in total. The summed E-state index contributed by atoms with van der Waals surface area (Å²) in [6.07, 6.45) is 7.45. The number of anilines is 1. The second kappa shape index (κ2) is 7.51. The van der Waals surface area contributed by atoms with Crippen LogP contribution >= 0.6 is 0 Å². The lowest BCUT2D eigenvalue weighted by Gasteiger charge is -2.36. The topological polar surface area (TPSA) is 45.7 Å². The molecule has 5 heteroatoms. The molecule has 0 saturated carbocycles. The number of esters is 1. The Labute approximate surface area is 145 Å². The van der Waals surface area contributed by atoms with E-state index in [4.69, 9.17) is 4.74 Å². The summed E-state index contributed by atoms with van der Waals surface area (Å²) < 4.78 is 5.66. The summed E-state index contributed by atoms with van der Waals surface area (Å²) in [5, 5.41) is 0. The fourth-order valence-corrected chi connectivity index (χ4v) is 3.94. The van der Waals surface area contributed by atoms with Crippen molar-refractivity contribution in [1.82, 2.24) is 9.88 Å². The Morgan fingerprint density at radius 3 is 2.42 bits per heavy atom. The Balaban J connectivity index is 1.44. The fourth-order valence-electron chi connectivity index (χ4n) is 3.94. The zero-order chi connectivity index (χ0) is 17.0. The van der Waals surface area contributed by atoms with E-state index >= 15 is 0 Å². The maximum absolute atomic E-state index is 12.2. The highest BCUT2D eigenvalue weighted by Crippen LogP contribution is 2.41. The van der Waals surface area contributed by atoms with E-state index in [1.807, 2.05) is 12.4 Å². The lowest BCUT2D eigenvalue weighted by molar-refractivity contribution is -0.149. The normalized spacial score (nSPS) is 24.2. The molecule has 2 aliphatic rings. The molecule has 1 unspecified atom stereocenters. The largest absolute Gasteiger partial charge is 0.462 e. The highest BCUT2D eigenvalue weighted by Gasteiger charge is 2.46. The smallest absolute Gasteiger partial charge is 0.312 e. The number of cyclic esters (lactones) is 1. The average Bonchev–Trinajstić information content (AvgIpc) is 2.97. The second-order valence-corrected chi connectivity index (χ2v) is 7.04. The van der Waals surface area contributed by atoms with Crippen molar-refractivity contribution >= 4 is 11.7 Å². The Hall–Kier alpha value is -1.62. The summed E-state index contributed by atoms with van der Waals surface area (Å²) in [4.78, 5) is 21.2. The third-order valence-corrected chi connectivity index (χ3v) is 5.85. The molecule has 0 aliphatic carbocycles. The van der Waals surface area contributed by atoms with Gasteiger partial charge in [-0.2, -0.15) is 0 Å². The number of ether oxygens (including phenoxy) is 1. The van der Waals surface area contributed by atoms with Gasteiger partial charge in [0.05, 0.1) is 5.41 Å². The standard InChI is InChI=1S/C19H29N3O2/c1-3-19(4-2)15-17(24-18(19)23)7-10-21-11-13-22(14-12-21)16-5-8-20-9-6-16/h5-6,8-9,17H,3-4,7,10-15H2,1-2H3. The number of piperazine rings is 1. The molecule has 0 radical (unpaired) electrons. The summed E-state index contributed by atoms with van der Waals surface area (Å²) >= 11 is 0. The van der Waals surface area contributed by atoms with Gasteiger partial charge in [-0.3, -0.25) is 14.7 Å². The minimum atomic E-state index is -0.218. The third kappa shape index (κ3) is 3.56. The predicted molar refractivity (Wildman–Crippen MR) is 95.0 cm³/mol. The van der Waals surface area contributed by atoms with Gasteiger partial charge < -0.3 is 9.64 Å². The SMILES string of the molecule is CCC1(CC)CC(CCN2CCN(c3ccncc3)CC2)OC1=O. The average molecular weight is 331 g/mol. The van der Waals surface area contributed by atoms with Crippen LogP contribution in [0.2, 0.25) is 0 Å². The van der Waals surface area contributed by atoms with Gasteiger partial charge in [-0.15, -0.1) is 0 Å². The van der Waals surface area contributed by atoms with Crippen molar-refractivity contribution < 1.29 is 9.53 Å². The quantitative estimate of drug-likeness (QED) is 0.750. The molecule has 2 fully saturated rings. The number of hydrogen-bond acceptors (Lipinski definition) is 5. The van der Waals surface area contributed by atoms with E-state index in [9.17, 15) is 4.79 Å². The summed E-state index contributed by atoms with van der Waals surface area (Å²) in [5.74, 6) is 0.0278. The molecule has 1 aromatic rings.